The Morgan fingerprint density at radius 3 is 2.62 bits per heavy atom. The molecule has 0 amide bonds. The molecule has 0 fully saturated rings. The Labute approximate surface area is 130 Å². The number of hydrogen-bond donors (Lipinski definition) is 0. The zero-order valence-electron chi connectivity index (χ0n) is 12.0. The highest BCUT2D eigenvalue weighted by Gasteiger charge is 2.03. The highest BCUT2D eigenvalue weighted by Crippen LogP contribution is 2.26. The molecule has 2 aromatic rings. The number of thioether (sulfide) groups is 1. The van der Waals surface area contributed by atoms with E-state index < -0.39 is 0 Å². The van der Waals surface area contributed by atoms with Gasteiger partial charge in [0.15, 0.2) is 7.11 Å². The molecule has 2 rings (SSSR count). The van der Waals surface area contributed by atoms with Crippen molar-refractivity contribution in [3.8, 4) is 11.5 Å². The predicted octanol–water partition coefficient (Wildman–Crippen LogP) is 4.77. The Balaban J connectivity index is 1.80. The van der Waals surface area contributed by atoms with Crippen LogP contribution in [0.3, 0.4) is 0 Å². The average Bonchev–Trinajstić information content (AvgIpc) is 2.52. The molecular formula is C18H18O2S. The molecule has 2 nitrogen and oxygen atoms in total. The highest BCUT2D eigenvalue weighted by atomic mass is 32.2. The van der Waals surface area contributed by atoms with Gasteiger partial charge in [0.25, 0.3) is 0 Å². The fourth-order valence-electron chi connectivity index (χ4n) is 1.77. The van der Waals surface area contributed by atoms with Crippen LogP contribution >= 0.6 is 11.8 Å². The molecule has 0 aromatic heterocycles. The molecule has 21 heavy (non-hydrogen) atoms. The third-order valence-corrected chi connectivity index (χ3v) is 4.04. The van der Waals surface area contributed by atoms with Crippen molar-refractivity contribution in [2.75, 3.05) is 12.4 Å². The quantitative estimate of drug-likeness (QED) is 0.542. The van der Waals surface area contributed by atoms with Crippen LogP contribution in [0.15, 0.2) is 65.6 Å². The molecule has 0 saturated carbocycles. The second-order valence-electron chi connectivity index (χ2n) is 4.69. The summed E-state index contributed by atoms with van der Waals surface area (Å²) < 4.78 is 10.4. The van der Waals surface area contributed by atoms with Crippen molar-refractivity contribution in [2.24, 2.45) is 0 Å². The van der Waals surface area contributed by atoms with Crippen molar-refractivity contribution >= 4 is 11.8 Å². The first kappa shape index (κ1) is 15.5. The van der Waals surface area contributed by atoms with Crippen molar-refractivity contribution < 1.29 is 9.47 Å². The predicted molar refractivity (Wildman–Crippen MR) is 87.9 cm³/mol. The summed E-state index contributed by atoms with van der Waals surface area (Å²) in [6.45, 7) is 6.55. The number of rotatable bonds is 7. The molecule has 2 aromatic carbocycles. The Bertz CT molecular complexity index is 593. The average molecular weight is 298 g/mol. The summed E-state index contributed by atoms with van der Waals surface area (Å²) in [6, 6.07) is 15.7. The third kappa shape index (κ3) is 4.87. The van der Waals surface area contributed by atoms with E-state index in [9.17, 15) is 0 Å². The van der Waals surface area contributed by atoms with Gasteiger partial charge in [-0.05, 0) is 48.4 Å². The number of hydrogen-bond acceptors (Lipinski definition) is 3. The topological polar surface area (TPSA) is 18.5 Å². The van der Waals surface area contributed by atoms with Crippen LogP contribution in [-0.2, 0) is 0 Å². The van der Waals surface area contributed by atoms with Gasteiger partial charge in [0.05, 0.1) is 0 Å². The summed E-state index contributed by atoms with van der Waals surface area (Å²) in [5.41, 5.74) is 2.06. The monoisotopic (exact) mass is 298 g/mol. The van der Waals surface area contributed by atoms with E-state index >= 15 is 0 Å². The van der Waals surface area contributed by atoms with Gasteiger partial charge in [0.2, 0.25) is 0 Å². The van der Waals surface area contributed by atoms with Crippen LogP contribution in [0.2, 0.25) is 0 Å². The van der Waals surface area contributed by atoms with Crippen LogP contribution in [0.4, 0.5) is 0 Å². The van der Waals surface area contributed by atoms with E-state index in [0.29, 0.717) is 12.4 Å². The van der Waals surface area contributed by atoms with Crippen LogP contribution in [-0.4, -0.2) is 12.4 Å². The molecule has 3 heteroatoms. The van der Waals surface area contributed by atoms with Gasteiger partial charge in [-0.2, -0.15) is 0 Å². The van der Waals surface area contributed by atoms with Crippen LogP contribution in [0.1, 0.15) is 5.56 Å². The van der Waals surface area contributed by atoms with Crippen LogP contribution in [0, 0.1) is 14.0 Å². The number of para-hydroxylation sites is 1. The summed E-state index contributed by atoms with van der Waals surface area (Å²) in [6.07, 6.45) is 0. The summed E-state index contributed by atoms with van der Waals surface area (Å²) in [4.78, 5) is 1.16. The summed E-state index contributed by atoms with van der Waals surface area (Å²) in [5.74, 6) is 2.38. The molecular weight excluding hydrogens is 280 g/mol. The zero-order valence-corrected chi connectivity index (χ0v) is 12.9. The normalized spacial score (nSPS) is 10.2. The fourth-order valence-corrected chi connectivity index (χ4v) is 2.65. The van der Waals surface area contributed by atoms with Crippen LogP contribution in [0.5, 0.6) is 11.5 Å². The molecule has 0 heterocycles. The second-order valence-corrected chi connectivity index (χ2v) is 5.73. The lowest BCUT2D eigenvalue weighted by Crippen LogP contribution is -2.02. The zero-order chi connectivity index (χ0) is 15.1. The van der Waals surface area contributed by atoms with Gasteiger partial charge >= 0.3 is 0 Å². The van der Waals surface area contributed by atoms with Gasteiger partial charge in [-0.1, -0.05) is 24.8 Å². The standard InChI is InChI=1S/C18H18O2S/c1-14(12-20-16-7-5-4-6-8-16)13-21-17-9-10-18(19-3)15(2)11-17/h3-11H,1,12-13H2,2H3. The molecule has 108 valence electrons. The number of benzene rings is 2. The van der Waals surface area contributed by atoms with Crippen molar-refractivity contribution in [2.45, 2.75) is 11.8 Å². The van der Waals surface area contributed by atoms with E-state index in [-0.39, 0.29) is 0 Å². The SMILES string of the molecule is [CH]Oc1ccc(SCC(=C)COc2ccccc2)cc1C. The van der Waals surface area contributed by atoms with Crippen molar-refractivity contribution in [1.29, 1.82) is 0 Å². The molecule has 0 unspecified atom stereocenters. The van der Waals surface area contributed by atoms with E-state index in [2.05, 4.69) is 12.6 Å². The summed E-state index contributed by atoms with van der Waals surface area (Å²) in [5, 5.41) is 0. The Hall–Kier alpha value is -1.87. The van der Waals surface area contributed by atoms with Crippen LogP contribution < -0.4 is 9.47 Å². The maximum atomic E-state index is 5.67. The summed E-state index contributed by atoms with van der Waals surface area (Å²) in [7, 11) is 5.18. The van der Waals surface area contributed by atoms with Crippen LogP contribution in [0.25, 0.3) is 0 Å². The second kappa shape index (κ2) is 7.79. The van der Waals surface area contributed by atoms with Crippen molar-refractivity contribution in [3.63, 3.8) is 0 Å². The molecule has 0 spiro atoms. The number of ether oxygens (including phenoxy) is 2. The minimum atomic E-state index is 0.528. The fraction of sp³-hybridized carbons (Fsp3) is 0.167. The minimum Gasteiger partial charge on any atom is -0.489 e. The lowest BCUT2D eigenvalue weighted by atomic mass is 10.2. The first-order valence-electron chi connectivity index (χ1n) is 6.63. The van der Waals surface area contributed by atoms with Gasteiger partial charge in [0, 0.05) is 10.6 Å². The summed E-state index contributed by atoms with van der Waals surface area (Å²) >= 11 is 1.72. The lowest BCUT2D eigenvalue weighted by Gasteiger charge is -2.10. The smallest absolute Gasteiger partial charge is 0.180 e. The Kier molecular flexibility index (Phi) is 5.76. The van der Waals surface area contributed by atoms with Gasteiger partial charge in [0.1, 0.15) is 18.1 Å². The van der Waals surface area contributed by atoms with Gasteiger partial charge < -0.3 is 9.47 Å². The Morgan fingerprint density at radius 2 is 1.95 bits per heavy atom. The molecule has 0 N–H and O–H groups in total. The maximum Gasteiger partial charge on any atom is 0.180 e. The lowest BCUT2D eigenvalue weighted by molar-refractivity contribution is 0.353. The molecule has 0 aliphatic rings. The maximum absolute atomic E-state index is 5.67. The van der Waals surface area contributed by atoms with E-state index in [1.165, 1.54) is 0 Å². The number of aryl methyl sites for hydroxylation is 1. The molecule has 0 aliphatic heterocycles. The van der Waals surface area contributed by atoms with Crippen molar-refractivity contribution in [1.82, 2.24) is 0 Å². The van der Waals surface area contributed by atoms with Gasteiger partial charge in [-0.3, -0.25) is 0 Å². The first-order chi connectivity index (χ1) is 10.2. The molecule has 2 radical (unpaired) electrons. The van der Waals surface area contributed by atoms with Crippen molar-refractivity contribution in [3.05, 3.63) is 73.4 Å². The first-order valence-corrected chi connectivity index (χ1v) is 7.62. The largest absolute Gasteiger partial charge is 0.489 e. The molecule has 0 bridgehead atoms. The molecule has 0 saturated heterocycles. The minimum absolute atomic E-state index is 0.528. The van der Waals surface area contributed by atoms with E-state index in [1.807, 2.05) is 49.4 Å². The molecule has 0 atom stereocenters. The highest BCUT2D eigenvalue weighted by molar-refractivity contribution is 7.99. The van der Waals surface area contributed by atoms with E-state index in [1.54, 1.807) is 11.8 Å². The van der Waals surface area contributed by atoms with Gasteiger partial charge in [-0.15, -0.1) is 11.8 Å². The van der Waals surface area contributed by atoms with E-state index in [4.69, 9.17) is 16.6 Å². The molecule has 0 aliphatic carbocycles. The third-order valence-electron chi connectivity index (χ3n) is 2.90. The van der Waals surface area contributed by atoms with E-state index in [0.717, 1.165) is 27.5 Å². The Morgan fingerprint density at radius 1 is 1.19 bits per heavy atom. The van der Waals surface area contributed by atoms with Gasteiger partial charge in [-0.25, -0.2) is 0 Å².